The van der Waals surface area contributed by atoms with Gasteiger partial charge in [-0.15, -0.1) is 0 Å². The lowest BCUT2D eigenvalue weighted by atomic mass is 10.1. The first-order valence-corrected chi connectivity index (χ1v) is 11.7. The van der Waals surface area contributed by atoms with Crippen molar-refractivity contribution in [2.45, 2.75) is 36.4 Å². The zero-order valence-electron chi connectivity index (χ0n) is 18.8. The molecule has 0 saturated carbocycles. The highest BCUT2D eigenvalue weighted by atomic mass is 32.2. The quantitative estimate of drug-likeness (QED) is 0.467. The van der Waals surface area contributed by atoms with Crippen LogP contribution >= 0.6 is 11.8 Å². The zero-order chi connectivity index (χ0) is 23.8. The Labute approximate surface area is 199 Å². The highest BCUT2D eigenvalue weighted by Gasteiger charge is 2.24. The van der Waals surface area contributed by atoms with Crippen molar-refractivity contribution in [3.05, 3.63) is 54.5 Å². The molecule has 1 aliphatic heterocycles. The Balaban J connectivity index is 1.47. The van der Waals surface area contributed by atoms with Gasteiger partial charge in [-0.3, -0.25) is 9.48 Å². The van der Waals surface area contributed by atoms with Gasteiger partial charge in [0.05, 0.1) is 37.3 Å². The largest absolute Gasteiger partial charge is 0.396 e. The average molecular weight is 482 g/mol. The number of nitrogen functional groups attached to an aromatic ring is 1. The molecule has 1 saturated heterocycles. The molecule has 4 aromatic rings. The normalized spacial score (nSPS) is 16.3. The van der Waals surface area contributed by atoms with Gasteiger partial charge in [0.1, 0.15) is 10.5 Å². The van der Waals surface area contributed by atoms with E-state index in [1.165, 1.54) is 17.8 Å². The minimum absolute atomic E-state index is 0.0485. The number of hydrogen-bond acceptors (Lipinski definition) is 7. The number of anilines is 1. The minimum atomic E-state index is -0.398. The number of carbonyl (C=O) groups is 1. The molecule has 5 heterocycles. The summed E-state index contributed by atoms with van der Waals surface area (Å²) in [6.45, 7) is 5.76. The standard InChI is InChI=1S/C23H24FN7O2S/c1-14-18(9-27-30(14)13-17-12-29(15(2)32)6-7-33-17)16-8-21(22-20(25)10-28-31(22)11-16)34-23-19(24)4-3-5-26-23/h3-5,8-11,17H,6-7,12-13,25H2,1-2H3/t17-/m0/s1. The van der Waals surface area contributed by atoms with Crippen LogP contribution in [0.3, 0.4) is 0 Å². The van der Waals surface area contributed by atoms with Crippen LogP contribution in [0.4, 0.5) is 10.1 Å². The van der Waals surface area contributed by atoms with Gasteiger partial charge in [0.2, 0.25) is 5.91 Å². The van der Waals surface area contributed by atoms with E-state index in [-0.39, 0.29) is 17.0 Å². The maximum Gasteiger partial charge on any atom is 0.219 e. The fourth-order valence-electron chi connectivity index (χ4n) is 4.11. The van der Waals surface area contributed by atoms with Crippen LogP contribution in [0.1, 0.15) is 12.6 Å². The van der Waals surface area contributed by atoms with E-state index in [2.05, 4.69) is 15.2 Å². The number of nitrogens with two attached hydrogens (primary N) is 1. The predicted octanol–water partition coefficient (Wildman–Crippen LogP) is 3.02. The highest BCUT2D eigenvalue weighted by molar-refractivity contribution is 7.99. The topological polar surface area (TPSA) is 104 Å². The smallest absolute Gasteiger partial charge is 0.219 e. The molecule has 11 heteroatoms. The van der Waals surface area contributed by atoms with Crippen molar-refractivity contribution in [3.8, 4) is 11.1 Å². The lowest BCUT2D eigenvalue weighted by Gasteiger charge is -2.32. The summed E-state index contributed by atoms with van der Waals surface area (Å²) in [5, 5.41) is 9.20. The molecule has 0 aliphatic carbocycles. The molecule has 2 N–H and O–H groups in total. The van der Waals surface area contributed by atoms with Crippen LogP contribution in [0.25, 0.3) is 16.6 Å². The first-order chi connectivity index (χ1) is 16.4. The Morgan fingerprint density at radius 3 is 3.00 bits per heavy atom. The molecule has 1 aliphatic rings. The van der Waals surface area contributed by atoms with Gasteiger partial charge < -0.3 is 15.4 Å². The van der Waals surface area contributed by atoms with Gasteiger partial charge in [-0.1, -0.05) is 11.8 Å². The van der Waals surface area contributed by atoms with E-state index in [0.29, 0.717) is 37.4 Å². The number of pyridine rings is 2. The average Bonchev–Trinajstić information content (AvgIpc) is 3.38. The number of morpholine rings is 1. The lowest BCUT2D eigenvalue weighted by molar-refractivity contribution is -0.136. The Bertz CT molecular complexity index is 1370. The number of carbonyl (C=O) groups excluding carboxylic acids is 1. The van der Waals surface area contributed by atoms with E-state index < -0.39 is 5.82 Å². The molecular weight excluding hydrogens is 457 g/mol. The second-order valence-electron chi connectivity index (χ2n) is 8.16. The zero-order valence-corrected chi connectivity index (χ0v) is 19.6. The summed E-state index contributed by atoms with van der Waals surface area (Å²) in [7, 11) is 0. The van der Waals surface area contributed by atoms with Gasteiger partial charge in [0.15, 0.2) is 5.82 Å². The fraction of sp³-hybridized carbons (Fsp3) is 0.304. The monoisotopic (exact) mass is 481 g/mol. The summed E-state index contributed by atoms with van der Waals surface area (Å²) >= 11 is 1.20. The second-order valence-corrected chi connectivity index (χ2v) is 9.19. The number of nitrogens with zero attached hydrogens (tertiary/aromatic N) is 6. The van der Waals surface area contributed by atoms with Gasteiger partial charge in [0, 0.05) is 54.1 Å². The molecule has 5 rings (SSSR count). The fourth-order valence-corrected chi connectivity index (χ4v) is 5.09. The van der Waals surface area contributed by atoms with Crippen LogP contribution in [-0.2, 0) is 16.1 Å². The van der Waals surface area contributed by atoms with Crippen molar-refractivity contribution in [2.75, 3.05) is 25.4 Å². The van der Waals surface area contributed by atoms with Crippen LogP contribution in [0.15, 0.2) is 52.9 Å². The van der Waals surface area contributed by atoms with E-state index in [4.69, 9.17) is 10.5 Å². The van der Waals surface area contributed by atoms with E-state index in [1.807, 2.05) is 23.9 Å². The summed E-state index contributed by atoms with van der Waals surface area (Å²) in [4.78, 5) is 18.4. The van der Waals surface area contributed by atoms with Gasteiger partial charge in [-0.05, 0) is 25.1 Å². The van der Waals surface area contributed by atoms with E-state index in [1.54, 1.807) is 41.0 Å². The molecule has 4 aromatic heterocycles. The molecule has 0 bridgehead atoms. The maximum absolute atomic E-state index is 14.3. The molecule has 9 nitrogen and oxygen atoms in total. The van der Waals surface area contributed by atoms with Gasteiger partial charge in [0.25, 0.3) is 0 Å². The molecule has 1 atom stereocenters. The lowest BCUT2D eigenvalue weighted by Crippen LogP contribution is -2.46. The number of hydrogen-bond donors (Lipinski definition) is 1. The third-order valence-electron chi connectivity index (χ3n) is 5.91. The Kier molecular flexibility index (Phi) is 5.96. The molecule has 1 fully saturated rings. The van der Waals surface area contributed by atoms with Crippen molar-refractivity contribution >= 4 is 28.9 Å². The number of rotatable bonds is 5. The molecular formula is C23H24FN7O2S. The Morgan fingerprint density at radius 1 is 1.35 bits per heavy atom. The number of amides is 1. The van der Waals surface area contributed by atoms with Crippen molar-refractivity contribution in [1.82, 2.24) is 29.3 Å². The number of aromatic nitrogens is 5. The number of fused-ring (bicyclic) bond motifs is 1. The molecule has 0 unspecified atom stereocenters. The van der Waals surface area contributed by atoms with Crippen LogP contribution in [-0.4, -0.2) is 61.0 Å². The Morgan fingerprint density at radius 2 is 2.21 bits per heavy atom. The first kappa shape index (κ1) is 22.4. The van der Waals surface area contributed by atoms with Gasteiger partial charge in [-0.2, -0.15) is 10.2 Å². The van der Waals surface area contributed by atoms with Crippen LogP contribution < -0.4 is 5.73 Å². The third kappa shape index (κ3) is 4.24. The van der Waals surface area contributed by atoms with E-state index in [9.17, 15) is 9.18 Å². The van der Waals surface area contributed by atoms with Crippen molar-refractivity contribution in [2.24, 2.45) is 0 Å². The maximum atomic E-state index is 14.3. The highest BCUT2D eigenvalue weighted by Crippen LogP contribution is 2.37. The van der Waals surface area contributed by atoms with E-state index in [0.717, 1.165) is 21.7 Å². The Hall–Kier alpha value is -3.44. The minimum Gasteiger partial charge on any atom is -0.396 e. The molecule has 176 valence electrons. The molecule has 34 heavy (non-hydrogen) atoms. The van der Waals surface area contributed by atoms with Gasteiger partial charge in [-0.25, -0.2) is 13.9 Å². The number of halogens is 1. The molecule has 0 spiro atoms. The first-order valence-electron chi connectivity index (χ1n) is 10.9. The van der Waals surface area contributed by atoms with Crippen molar-refractivity contribution in [3.63, 3.8) is 0 Å². The summed E-state index contributed by atoms with van der Waals surface area (Å²) in [5.41, 5.74) is 10.1. The summed E-state index contributed by atoms with van der Waals surface area (Å²) in [6.07, 6.45) is 6.69. The SMILES string of the molecule is CC(=O)N1CCO[C@H](Cn2ncc(-c3cc(Sc4ncccc4F)c4c(N)cnn4c3)c2C)C1. The molecule has 0 radical (unpaired) electrons. The van der Waals surface area contributed by atoms with Crippen LogP contribution in [0, 0.1) is 12.7 Å². The van der Waals surface area contributed by atoms with Gasteiger partial charge >= 0.3 is 0 Å². The summed E-state index contributed by atoms with van der Waals surface area (Å²) < 4.78 is 23.7. The van der Waals surface area contributed by atoms with Crippen molar-refractivity contribution < 1.29 is 13.9 Å². The summed E-state index contributed by atoms with van der Waals surface area (Å²) in [5.74, 6) is -0.349. The second kappa shape index (κ2) is 9.07. The predicted molar refractivity (Wildman–Crippen MR) is 126 cm³/mol. The molecule has 0 aromatic carbocycles. The number of ether oxygens (including phenoxy) is 1. The van der Waals surface area contributed by atoms with E-state index >= 15 is 0 Å². The van der Waals surface area contributed by atoms with Crippen LogP contribution in [0.2, 0.25) is 0 Å². The van der Waals surface area contributed by atoms with Crippen molar-refractivity contribution in [1.29, 1.82) is 0 Å². The third-order valence-corrected chi connectivity index (χ3v) is 6.94. The molecule has 1 amide bonds. The van der Waals surface area contributed by atoms with Crippen LogP contribution in [0.5, 0.6) is 0 Å². The summed E-state index contributed by atoms with van der Waals surface area (Å²) in [6, 6.07) is 4.89.